The van der Waals surface area contributed by atoms with Gasteiger partial charge < -0.3 is 5.73 Å². The van der Waals surface area contributed by atoms with Crippen molar-refractivity contribution < 1.29 is 0 Å². The predicted molar refractivity (Wildman–Crippen MR) is 84.8 cm³/mol. The van der Waals surface area contributed by atoms with Gasteiger partial charge in [0, 0.05) is 28.8 Å². The van der Waals surface area contributed by atoms with Crippen LogP contribution < -0.4 is 5.73 Å². The minimum Gasteiger partial charge on any atom is -0.324 e. The molecule has 0 fully saturated rings. The molecule has 0 radical (unpaired) electrons. The fourth-order valence-electron chi connectivity index (χ4n) is 2.44. The van der Waals surface area contributed by atoms with E-state index >= 15 is 0 Å². The Bertz CT molecular complexity index is 761. The van der Waals surface area contributed by atoms with Crippen molar-refractivity contribution in [1.82, 2.24) is 4.98 Å². The predicted octanol–water partition coefficient (Wildman–Crippen LogP) is 4.57. The van der Waals surface area contributed by atoms with Gasteiger partial charge in [-0.3, -0.25) is 4.98 Å². The zero-order chi connectivity index (χ0) is 14.1. The fraction of sp³-hybridized carbons (Fsp3) is 0.118. The van der Waals surface area contributed by atoms with Crippen LogP contribution in [0.25, 0.3) is 21.9 Å². The molecule has 1 unspecified atom stereocenters. The fourth-order valence-corrected chi connectivity index (χ4v) is 2.79. The van der Waals surface area contributed by atoms with Crippen molar-refractivity contribution in [3.8, 4) is 11.1 Å². The summed E-state index contributed by atoms with van der Waals surface area (Å²) in [4.78, 5) is 4.16. The highest BCUT2D eigenvalue weighted by Gasteiger charge is 2.09. The molecule has 100 valence electrons. The lowest BCUT2D eigenvalue weighted by Crippen LogP contribution is -2.05. The van der Waals surface area contributed by atoms with Crippen LogP contribution in [0.15, 0.2) is 54.9 Å². The number of rotatable bonds is 2. The molecular weight excluding hydrogens is 268 g/mol. The smallest absolute Gasteiger partial charge is 0.0459 e. The number of fused-ring (bicyclic) bond motifs is 1. The van der Waals surface area contributed by atoms with Crippen molar-refractivity contribution in [2.24, 2.45) is 5.73 Å². The highest BCUT2D eigenvalue weighted by Crippen LogP contribution is 2.32. The van der Waals surface area contributed by atoms with Gasteiger partial charge in [0.05, 0.1) is 0 Å². The largest absolute Gasteiger partial charge is 0.324 e. The Morgan fingerprint density at radius 2 is 2.00 bits per heavy atom. The first kappa shape index (κ1) is 13.1. The van der Waals surface area contributed by atoms with E-state index in [1.54, 1.807) is 0 Å². The maximum Gasteiger partial charge on any atom is 0.0459 e. The Labute approximate surface area is 123 Å². The van der Waals surface area contributed by atoms with Crippen LogP contribution in [0.5, 0.6) is 0 Å². The van der Waals surface area contributed by atoms with E-state index in [4.69, 9.17) is 17.3 Å². The summed E-state index contributed by atoms with van der Waals surface area (Å²) in [5, 5.41) is 3.01. The van der Waals surface area contributed by atoms with E-state index in [-0.39, 0.29) is 6.04 Å². The lowest BCUT2D eigenvalue weighted by molar-refractivity contribution is 0.819. The van der Waals surface area contributed by atoms with Gasteiger partial charge in [0.25, 0.3) is 0 Å². The average molecular weight is 283 g/mol. The lowest BCUT2D eigenvalue weighted by Gasteiger charge is -2.11. The van der Waals surface area contributed by atoms with Gasteiger partial charge in [-0.25, -0.2) is 0 Å². The second-order valence-corrected chi connectivity index (χ2v) is 5.33. The molecule has 0 aliphatic rings. The third-order valence-electron chi connectivity index (χ3n) is 3.48. The first-order valence-electron chi connectivity index (χ1n) is 6.55. The van der Waals surface area contributed by atoms with Crippen LogP contribution in [0.2, 0.25) is 5.02 Å². The van der Waals surface area contributed by atoms with Crippen LogP contribution in [-0.4, -0.2) is 4.98 Å². The van der Waals surface area contributed by atoms with Gasteiger partial charge in [-0.1, -0.05) is 41.9 Å². The molecule has 0 amide bonds. The normalized spacial score (nSPS) is 12.6. The molecule has 0 bridgehead atoms. The number of halogens is 1. The number of hydrogen-bond acceptors (Lipinski definition) is 2. The van der Waals surface area contributed by atoms with Gasteiger partial charge in [-0.05, 0) is 41.1 Å². The highest BCUT2D eigenvalue weighted by molar-refractivity contribution is 6.31. The second kappa shape index (κ2) is 5.23. The third kappa shape index (κ3) is 2.28. The van der Waals surface area contributed by atoms with Crippen LogP contribution >= 0.6 is 11.6 Å². The lowest BCUT2D eigenvalue weighted by atomic mass is 9.97. The average Bonchev–Trinajstić information content (AvgIpc) is 2.46. The monoisotopic (exact) mass is 282 g/mol. The molecule has 1 aromatic heterocycles. The summed E-state index contributed by atoms with van der Waals surface area (Å²) >= 11 is 6.33. The molecule has 0 saturated carbocycles. The van der Waals surface area contributed by atoms with Crippen LogP contribution in [0, 0.1) is 0 Å². The maximum atomic E-state index is 6.33. The quantitative estimate of drug-likeness (QED) is 0.747. The van der Waals surface area contributed by atoms with Crippen molar-refractivity contribution >= 4 is 22.4 Å². The topological polar surface area (TPSA) is 38.9 Å². The minimum atomic E-state index is -0.0618. The van der Waals surface area contributed by atoms with E-state index in [9.17, 15) is 0 Å². The first-order valence-corrected chi connectivity index (χ1v) is 6.93. The summed E-state index contributed by atoms with van der Waals surface area (Å²) < 4.78 is 0. The van der Waals surface area contributed by atoms with E-state index in [1.165, 1.54) is 5.39 Å². The summed E-state index contributed by atoms with van der Waals surface area (Å²) in [6.07, 6.45) is 3.68. The summed E-state index contributed by atoms with van der Waals surface area (Å²) in [6, 6.07) is 14.2. The van der Waals surface area contributed by atoms with Crippen LogP contribution in [-0.2, 0) is 0 Å². The summed E-state index contributed by atoms with van der Waals surface area (Å²) in [7, 11) is 0. The number of nitrogens with zero attached hydrogens (tertiary/aromatic N) is 1. The van der Waals surface area contributed by atoms with Gasteiger partial charge in [0.1, 0.15) is 0 Å². The number of nitrogens with two attached hydrogens (primary N) is 1. The molecular formula is C17H15ClN2. The van der Waals surface area contributed by atoms with Gasteiger partial charge in [0.2, 0.25) is 0 Å². The molecule has 0 saturated heterocycles. The molecule has 0 spiro atoms. The van der Waals surface area contributed by atoms with E-state index in [1.807, 2.05) is 43.6 Å². The van der Waals surface area contributed by atoms with Crippen molar-refractivity contribution in [2.45, 2.75) is 13.0 Å². The summed E-state index contributed by atoms with van der Waals surface area (Å²) in [5.74, 6) is 0. The number of hydrogen-bond donors (Lipinski definition) is 1. The third-order valence-corrected chi connectivity index (χ3v) is 3.81. The molecule has 1 atom stereocenters. The van der Waals surface area contributed by atoms with Crippen molar-refractivity contribution in [2.75, 3.05) is 0 Å². The van der Waals surface area contributed by atoms with Crippen molar-refractivity contribution in [1.29, 1.82) is 0 Å². The molecule has 20 heavy (non-hydrogen) atoms. The Morgan fingerprint density at radius 3 is 2.75 bits per heavy atom. The SMILES string of the molecule is CC(N)c1ccc(-c2cccc3cnccc23)cc1Cl. The zero-order valence-electron chi connectivity index (χ0n) is 11.2. The van der Waals surface area contributed by atoms with Crippen LogP contribution in [0.4, 0.5) is 0 Å². The number of benzene rings is 2. The maximum absolute atomic E-state index is 6.33. The second-order valence-electron chi connectivity index (χ2n) is 4.93. The van der Waals surface area contributed by atoms with Crippen molar-refractivity contribution in [3.05, 3.63) is 65.4 Å². The molecule has 1 heterocycles. The first-order chi connectivity index (χ1) is 9.66. The van der Waals surface area contributed by atoms with E-state index < -0.39 is 0 Å². The van der Waals surface area contributed by atoms with Crippen molar-refractivity contribution in [3.63, 3.8) is 0 Å². The Hall–Kier alpha value is -1.90. The molecule has 3 heteroatoms. The minimum absolute atomic E-state index is 0.0618. The molecule has 3 aromatic rings. The van der Waals surface area contributed by atoms with E-state index in [0.717, 1.165) is 22.1 Å². The molecule has 0 aliphatic carbocycles. The van der Waals surface area contributed by atoms with Crippen LogP contribution in [0.1, 0.15) is 18.5 Å². The number of aromatic nitrogens is 1. The van der Waals surface area contributed by atoms with Gasteiger partial charge in [-0.15, -0.1) is 0 Å². The van der Waals surface area contributed by atoms with E-state index in [0.29, 0.717) is 5.02 Å². The van der Waals surface area contributed by atoms with Crippen LogP contribution in [0.3, 0.4) is 0 Å². The molecule has 0 aliphatic heterocycles. The molecule has 3 rings (SSSR count). The Morgan fingerprint density at radius 1 is 1.15 bits per heavy atom. The highest BCUT2D eigenvalue weighted by atomic mass is 35.5. The Balaban J connectivity index is 2.19. The summed E-state index contributed by atoms with van der Waals surface area (Å²) in [5.41, 5.74) is 9.12. The summed E-state index contributed by atoms with van der Waals surface area (Å²) in [6.45, 7) is 1.93. The molecule has 2 nitrogen and oxygen atoms in total. The van der Waals surface area contributed by atoms with Gasteiger partial charge >= 0.3 is 0 Å². The zero-order valence-corrected chi connectivity index (χ0v) is 11.9. The number of pyridine rings is 1. The Kier molecular flexibility index (Phi) is 3.43. The van der Waals surface area contributed by atoms with Gasteiger partial charge in [-0.2, -0.15) is 0 Å². The molecule has 2 N–H and O–H groups in total. The molecule has 2 aromatic carbocycles. The standard InChI is InChI=1S/C17H15ClN2/c1-11(19)14-6-5-12(9-17(14)18)15-4-2-3-13-10-20-8-7-16(13)15/h2-11H,19H2,1H3. The van der Waals surface area contributed by atoms with Gasteiger partial charge in [0.15, 0.2) is 0 Å². The van der Waals surface area contributed by atoms with E-state index in [2.05, 4.69) is 23.2 Å².